The van der Waals surface area contributed by atoms with Gasteiger partial charge in [0.25, 0.3) is 0 Å². The average molecular weight is 528 g/mol. The van der Waals surface area contributed by atoms with E-state index >= 15 is 0 Å². The van der Waals surface area contributed by atoms with Gasteiger partial charge in [0, 0.05) is 18.2 Å². The van der Waals surface area contributed by atoms with E-state index in [1.165, 1.54) is 19.4 Å². The lowest BCUT2D eigenvalue weighted by Crippen LogP contribution is -2.17. The maximum absolute atomic E-state index is 12.9. The maximum atomic E-state index is 12.9. The third-order valence-electron chi connectivity index (χ3n) is 6.06. The normalized spacial score (nSPS) is 14.7. The van der Waals surface area contributed by atoms with Crippen LogP contribution in [0, 0.1) is 0 Å². The Labute approximate surface area is 225 Å². The van der Waals surface area contributed by atoms with Crippen molar-refractivity contribution in [1.82, 2.24) is 5.32 Å². The number of methoxy groups -OCH3 is 1. The molecule has 0 bridgehead atoms. The zero-order valence-electron chi connectivity index (χ0n) is 23.2. The van der Waals surface area contributed by atoms with Crippen molar-refractivity contribution in [3.05, 3.63) is 87.2 Å². The van der Waals surface area contributed by atoms with Crippen molar-refractivity contribution in [3.63, 3.8) is 0 Å². The van der Waals surface area contributed by atoms with Crippen LogP contribution in [0.3, 0.4) is 0 Å². The van der Waals surface area contributed by atoms with Gasteiger partial charge in [-0.2, -0.15) is 0 Å². The van der Waals surface area contributed by atoms with Gasteiger partial charge in [-0.15, -0.1) is 0 Å². The minimum absolute atomic E-state index is 0.209. The van der Waals surface area contributed by atoms with E-state index < -0.39 is 34.9 Å². The predicted octanol–water partition coefficient (Wildman–Crippen LogP) is 6.23. The summed E-state index contributed by atoms with van der Waals surface area (Å²) >= 11 is 0. The fourth-order valence-corrected chi connectivity index (χ4v) is 3.45. The molecule has 2 atom stereocenters. The quantitative estimate of drug-likeness (QED) is 0.113. The number of aliphatic hydroxyl groups is 1. The molecule has 1 aromatic heterocycles. The van der Waals surface area contributed by atoms with Gasteiger partial charge in [-0.1, -0.05) is 49.0 Å². The van der Waals surface area contributed by atoms with E-state index in [0.29, 0.717) is 25.7 Å². The SMILES string of the molecule is C/C=C/C/C=C(\C)[C@@H](O)CC/C(C)=C/C=C(/C)C(=O)c1c(O)cc([C@@H](C)CC/C=C\NC(=O)OC)oc1=O. The molecule has 8 heteroatoms. The van der Waals surface area contributed by atoms with Crippen LogP contribution in [0.4, 0.5) is 4.79 Å². The zero-order valence-corrected chi connectivity index (χ0v) is 23.2. The Morgan fingerprint density at radius 3 is 2.50 bits per heavy atom. The highest BCUT2D eigenvalue weighted by atomic mass is 16.5. The first-order chi connectivity index (χ1) is 18.0. The number of Topliss-reactive ketones (excluding diaryl/α,β-unsaturated/α-hetero) is 1. The summed E-state index contributed by atoms with van der Waals surface area (Å²) in [6, 6.07) is 1.30. The number of allylic oxidation sites excluding steroid dienone is 8. The summed E-state index contributed by atoms with van der Waals surface area (Å²) in [5.74, 6) is -0.976. The van der Waals surface area contributed by atoms with Crippen LogP contribution in [0.1, 0.15) is 88.8 Å². The molecule has 0 fully saturated rings. The van der Waals surface area contributed by atoms with E-state index in [-0.39, 0.29) is 17.3 Å². The minimum atomic E-state index is -0.892. The Balaban J connectivity index is 2.82. The smallest absolute Gasteiger partial charge is 0.410 e. The monoisotopic (exact) mass is 527 g/mol. The molecule has 8 nitrogen and oxygen atoms in total. The number of alkyl carbamates (subject to hydrolysis) is 1. The van der Waals surface area contributed by atoms with Gasteiger partial charge in [-0.3, -0.25) is 10.1 Å². The van der Waals surface area contributed by atoms with Gasteiger partial charge in [-0.05, 0) is 70.9 Å². The summed E-state index contributed by atoms with van der Waals surface area (Å²) in [5, 5.41) is 23.2. The standard InChI is InChI=1S/C30H41NO7/c1-7-8-9-12-21(3)24(32)17-15-20(2)14-16-23(5)28(34)27-25(33)19-26(38-29(27)35)22(4)13-10-11-18-31-30(36)37-6/h7-8,11-12,14,16,18-19,22,24,32-33H,9-10,13,15,17H2,1-6H3,(H,31,36)/b8-7+,18-11-,20-14+,21-12+,23-16-/t22-,24-/m0/s1. The lowest BCUT2D eigenvalue weighted by molar-refractivity contribution is 0.102. The van der Waals surface area contributed by atoms with Crippen LogP contribution in [-0.4, -0.2) is 35.3 Å². The van der Waals surface area contributed by atoms with Crippen LogP contribution in [0.5, 0.6) is 5.75 Å². The number of aromatic hydroxyl groups is 1. The number of hydrogen-bond acceptors (Lipinski definition) is 7. The summed E-state index contributed by atoms with van der Waals surface area (Å²) in [4.78, 5) is 36.4. The molecule has 0 aliphatic carbocycles. The number of hydrogen-bond donors (Lipinski definition) is 3. The first-order valence-electron chi connectivity index (χ1n) is 12.7. The number of ketones is 1. The number of carbonyl (C=O) groups excluding carboxylic acids is 2. The number of amides is 1. The third kappa shape index (κ3) is 11.2. The molecule has 0 saturated carbocycles. The zero-order chi connectivity index (χ0) is 28.7. The van der Waals surface area contributed by atoms with Crippen molar-refractivity contribution in [2.24, 2.45) is 0 Å². The van der Waals surface area contributed by atoms with Gasteiger partial charge in [0.15, 0.2) is 5.78 Å². The lowest BCUT2D eigenvalue weighted by atomic mass is 9.99. The molecule has 1 heterocycles. The minimum Gasteiger partial charge on any atom is -0.507 e. The van der Waals surface area contributed by atoms with E-state index in [2.05, 4.69) is 10.1 Å². The van der Waals surface area contributed by atoms with Crippen molar-refractivity contribution in [1.29, 1.82) is 0 Å². The first kappa shape index (κ1) is 32.4. The predicted molar refractivity (Wildman–Crippen MR) is 149 cm³/mol. The maximum Gasteiger partial charge on any atom is 0.410 e. The second kappa shape index (κ2) is 17.0. The highest BCUT2D eigenvalue weighted by molar-refractivity contribution is 6.09. The van der Waals surface area contributed by atoms with Crippen LogP contribution >= 0.6 is 0 Å². The molecule has 0 unspecified atom stereocenters. The molecular formula is C30H41NO7. The Morgan fingerprint density at radius 2 is 1.87 bits per heavy atom. The molecule has 0 spiro atoms. The molecule has 1 amide bonds. The molecule has 0 aromatic carbocycles. The van der Waals surface area contributed by atoms with Crippen LogP contribution in [-0.2, 0) is 4.74 Å². The van der Waals surface area contributed by atoms with Crippen molar-refractivity contribution < 1.29 is 29.0 Å². The first-order valence-corrected chi connectivity index (χ1v) is 12.7. The number of aliphatic hydroxyl groups excluding tert-OH is 1. The Hall–Kier alpha value is -3.65. The highest BCUT2D eigenvalue weighted by Gasteiger charge is 2.22. The summed E-state index contributed by atoms with van der Waals surface area (Å²) in [6.45, 7) is 9.16. The van der Waals surface area contributed by atoms with E-state index in [9.17, 15) is 24.6 Å². The second-order valence-electron chi connectivity index (χ2n) is 9.21. The van der Waals surface area contributed by atoms with E-state index in [0.717, 1.165) is 17.6 Å². The van der Waals surface area contributed by atoms with E-state index in [4.69, 9.17) is 4.42 Å². The van der Waals surface area contributed by atoms with Gasteiger partial charge in [0.1, 0.15) is 17.1 Å². The van der Waals surface area contributed by atoms with Gasteiger partial charge in [-0.25, -0.2) is 9.59 Å². The molecule has 3 N–H and O–H groups in total. The molecule has 1 aromatic rings. The van der Waals surface area contributed by atoms with E-state index in [1.807, 2.05) is 45.9 Å². The van der Waals surface area contributed by atoms with Crippen LogP contribution in [0.15, 0.2) is 74.7 Å². The van der Waals surface area contributed by atoms with Crippen molar-refractivity contribution in [2.75, 3.05) is 7.11 Å². The number of ether oxygens (including phenoxy) is 1. The molecule has 0 saturated heterocycles. The largest absolute Gasteiger partial charge is 0.507 e. The molecule has 1 rings (SSSR count). The van der Waals surface area contributed by atoms with Crippen LogP contribution in [0.2, 0.25) is 0 Å². The highest BCUT2D eigenvalue weighted by Crippen LogP contribution is 2.26. The van der Waals surface area contributed by atoms with Crippen molar-refractivity contribution in [2.45, 2.75) is 78.7 Å². The molecule has 38 heavy (non-hydrogen) atoms. The van der Waals surface area contributed by atoms with Gasteiger partial charge in [0.2, 0.25) is 0 Å². The van der Waals surface area contributed by atoms with Crippen LogP contribution < -0.4 is 10.9 Å². The Kier molecular flexibility index (Phi) is 14.5. The summed E-state index contributed by atoms with van der Waals surface area (Å²) < 4.78 is 9.82. The number of carbonyl (C=O) groups is 2. The summed E-state index contributed by atoms with van der Waals surface area (Å²) in [6.07, 6.45) is 14.6. The number of rotatable bonds is 14. The molecule has 208 valence electrons. The lowest BCUT2D eigenvalue weighted by Gasteiger charge is -2.11. The average Bonchev–Trinajstić information content (AvgIpc) is 2.89. The molecular weight excluding hydrogens is 486 g/mol. The third-order valence-corrected chi connectivity index (χ3v) is 6.06. The summed E-state index contributed by atoms with van der Waals surface area (Å²) in [7, 11) is 1.27. The van der Waals surface area contributed by atoms with Gasteiger partial charge in [0.05, 0.1) is 13.2 Å². The summed E-state index contributed by atoms with van der Waals surface area (Å²) in [5.41, 5.74) is 0.870. The molecule has 0 radical (unpaired) electrons. The molecule has 0 aliphatic rings. The topological polar surface area (TPSA) is 126 Å². The van der Waals surface area contributed by atoms with Gasteiger partial charge >= 0.3 is 11.7 Å². The van der Waals surface area contributed by atoms with Crippen molar-refractivity contribution >= 4 is 11.9 Å². The Morgan fingerprint density at radius 1 is 1.16 bits per heavy atom. The fraction of sp³-hybridized carbons (Fsp3) is 0.433. The Bertz CT molecular complexity index is 1150. The second-order valence-corrected chi connectivity index (χ2v) is 9.21. The fourth-order valence-electron chi connectivity index (χ4n) is 3.45. The van der Waals surface area contributed by atoms with Crippen LogP contribution in [0.25, 0.3) is 0 Å². The number of nitrogens with one attached hydrogen (secondary N) is 1. The van der Waals surface area contributed by atoms with Gasteiger partial charge < -0.3 is 19.4 Å². The van der Waals surface area contributed by atoms with Crippen molar-refractivity contribution in [3.8, 4) is 5.75 Å². The molecule has 0 aliphatic heterocycles. The van der Waals surface area contributed by atoms with E-state index in [1.54, 1.807) is 25.2 Å².